The molecular weight excluding hydrogens is 298 g/mol. The van der Waals surface area contributed by atoms with Crippen LogP contribution in [0.1, 0.15) is 43.5 Å². The van der Waals surface area contributed by atoms with Crippen LogP contribution in [0, 0.1) is 0 Å². The second-order valence-electron chi connectivity index (χ2n) is 5.55. The van der Waals surface area contributed by atoms with Crippen molar-refractivity contribution in [3.63, 3.8) is 0 Å². The van der Waals surface area contributed by atoms with Crippen molar-refractivity contribution in [2.45, 2.75) is 44.8 Å². The van der Waals surface area contributed by atoms with E-state index in [0.717, 1.165) is 32.4 Å². The van der Waals surface area contributed by atoms with E-state index in [1.54, 1.807) is 12.5 Å². The average molecular weight is 319 g/mol. The third kappa shape index (κ3) is 4.62. The predicted octanol–water partition coefficient (Wildman–Crippen LogP) is 1.26. The molecule has 2 aromatic rings. The minimum Gasteiger partial charge on any atom is -0.368 e. The van der Waals surface area contributed by atoms with Gasteiger partial charge < -0.3 is 19.1 Å². The summed E-state index contributed by atoms with van der Waals surface area (Å²) in [6.45, 7) is 2.05. The number of nitrogens with one attached hydrogen (secondary N) is 1. The molecule has 2 aromatic heterocycles. The molecule has 8 nitrogen and oxygen atoms in total. The van der Waals surface area contributed by atoms with Crippen LogP contribution in [-0.2, 0) is 22.5 Å². The first-order valence-electron chi connectivity index (χ1n) is 7.98. The van der Waals surface area contributed by atoms with Gasteiger partial charge in [0.05, 0.1) is 6.33 Å². The van der Waals surface area contributed by atoms with E-state index in [2.05, 4.69) is 20.4 Å². The Bertz CT molecular complexity index is 604. The van der Waals surface area contributed by atoms with E-state index in [-0.39, 0.29) is 12.0 Å². The third-order valence-corrected chi connectivity index (χ3v) is 3.74. The number of aromatic nitrogens is 4. The molecule has 0 unspecified atom stereocenters. The molecule has 23 heavy (non-hydrogen) atoms. The van der Waals surface area contributed by atoms with Gasteiger partial charge in [-0.25, -0.2) is 4.98 Å². The fourth-order valence-corrected chi connectivity index (χ4v) is 2.52. The van der Waals surface area contributed by atoms with E-state index in [1.165, 1.54) is 0 Å². The smallest absolute Gasteiger partial charge is 0.255 e. The molecule has 1 fully saturated rings. The van der Waals surface area contributed by atoms with E-state index in [4.69, 9.17) is 9.26 Å². The molecule has 0 aromatic carbocycles. The lowest BCUT2D eigenvalue weighted by atomic mass is 10.2. The van der Waals surface area contributed by atoms with Crippen LogP contribution < -0.4 is 5.32 Å². The molecule has 1 saturated heterocycles. The van der Waals surface area contributed by atoms with Gasteiger partial charge in [-0.1, -0.05) is 5.16 Å². The van der Waals surface area contributed by atoms with Crippen LogP contribution in [0.5, 0.6) is 0 Å². The van der Waals surface area contributed by atoms with Gasteiger partial charge in [0.1, 0.15) is 6.10 Å². The van der Waals surface area contributed by atoms with Gasteiger partial charge in [0.15, 0.2) is 5.82 Å². The lowest BCUT2D eigenvalue weighted by Crippen LogP contribution is -2.25. The minimum atomic E-state index is -0.0611. The molecule has 0 spiro atoms. The van der Waals surface area contributed by atoms with Crippen molar-refractivity contribution in [3.05, 3.63) is 30.4 Å². The van der Waals surface area contributed by atoms with Crippen LogP contribution in [0.2, 0.25) is 0 Å². The summed E-state index contributed by atoms with van der Waals surface area (Å²) < 4.78 is 12.7. The Balaban J connectivity index is 1.32. The van der Waals surface area contributed by atoms with Crippen LogP contribution >= 0.6 is 0 Å². The van der Waals surface area contributed by atoms with Gasteiger partial charge in [0.25, 0.3) is 5.89 Å². The van der Waals surface area contributed by atoms with Crippen LogP contribution in [0.15, 0.2) is 23.2 Å². The van der Waals surface area contributed by atoms with Gasteiger partial charge in [-0.2, -0.15) is 4.98 Å². The maximum Gasteiger partial charge on any atom is 0.255 e. The van der Waals surface area contributed by atoms with Crippen LogP contribution in [-0.4, -0.2) is 38.8 Å². The highest BCUT2D eigenvalue weighted by molar-refractivity contribution is 5.75. The molecule has 1 N–H and O–H groups in total. The number of aryl methyl sites for hydroxylation is 1. The number of hydrogen-bond donors (Lipinski definition) is 1. The number of amides is 1. The molecule has 0 aliphatic carbocycles. The van der Waals surface area contributed by atoms with E-state index in [1.807, 2.05) is 10.8 Å². The summed E-state index contributed by atoms with van der Waals surface area (Å²) in [4.78, 5) is 20.0. The van der Waals surface area contributed by atoms with Crippen LogP contribution in [0.4, 0.5) is 0 Å². The fourth-order valence-electron chi connectivity index (χ4n) is 2.52. The van der Waals surface area contributed by atoms with Gasteiger partial charge in [0.2, 0.25) is 5.91 Å². The Morgan fingerprint density at radius 3 is 3.22 bits per heavy atom. The summed E-state index contributed by atoms with van der Waals surface area (Å²) in [5.74, 6) is 1.19. The first-order chi connectivity index (χ1) is 11.3. The Labute approximate surface area is 134 Å². The summed E-state index contributed by atoms with van der Waals surface area (Å²) in [6.07, 6.45) is 9.10. The number of ether oxygens (including phenoxy) is 1. The molecule has 0 bridgehead atoms. The van der Waals surface area contributed by atoms with E-state index < -0.39 is 0 Å². The standard InChI is InChI=1S/C15H21N5O3/c21-14(4-1-8-20-9-7-16-11-20)17-6-5-13-18-15(23-19-13)12-3-2-10-22-12/h7,9,11-12H,1-6,8,10H2,(H,17,21)/t12-/m0/s1. The van der Waals surface area contributed by atoms with Crippen molar-refractivity contribution in [1.82, 2.24) is 25.0 Å². The predicted molar refractivity (Wildman–Crippen MR) is 80.4 cm³/mol. The van der Waals surface area contributed by atoms with E-state index in [9.17, 15) is 4.79 Å². The van der Waals surface area contributed by atoms with Gasteiger partial charge in [-0.3, -0.25) is 4.79 Å². The molecule has 1 atom stereocenters. The van der Waals surface area contributed by atoms with Gasteiger partial charge >= 0.3 is 0 Å². The Morgan fingerprint density at radius 2 is 2.43 bits per heavy atom. The maximum absolute atomic E-state index is 11.8. The highest BCUT2D eigenvalue weighted by Gasteiger charge is 2.23. The van der Waals surface area contributed by atoms with Crippen molar-refractivity contribution in [3.8, 4) is 0 Å². The molecule has 3 rings (SSSR count). The van der Waals surface area contributed by atoms with E-state index >= 15 is 0 Å². The molecule has 124 valence electrons. The molecule has 0 radical (unpaired) electrons. The Kier molecular flexibility index (Phi) is 5.36. The zero-order valence-electron chi connectivity index (χ0n) is 13.0. The zero-order chi connectivity index (χ0) is 15.9. The van der Waals surface area contributed by atoms with Crippen molar-refractivity contribution in [2.75, 3.05) is 13.2 Å². The number of carbonyl (C=O) groups excluding carboxylic acids is 1. The van der Waals surface area contributed by atoms with Crippen molar-refractivity contribution >= 4 is 5.91 Å². The van der Waals surface area contributed by atoms with Crippen LogP contribution in [0.25, 0.3) is 0 Å². The number of nitrogens with zero attached hydrogens (tertiary/aromatic N) is 4. The molecular formula is C15H21N5O3. The zero-order valence-corrected chi connectivity index (χ0v) is 13.0. The highest BCUT2D eigenvalue weighted by Crippen LogP contribution is 2.26. The summed E-state index contributed by atoms with van der Waals surface area (Å²) in [5, 5.41) is 6.80. The molecule has 1 aliphatic heterocycles. The monoisotopic (exact) mass is 319 g/mol. The van der Waals surface area contributed by atoms with E-state index in [0.29, 0.717) is 31.1 Å². The summed E-state index contributed by atoms with van der Waals surface area (Å²) in [7, 11) is 0. The largest absolute Gasteiger partial charge is 0.368 e. The van der Waals surface area contributed by atoms with Crippen LogP contribution in [0.3, 0.4) is 0 Å². The second kappa shape index (κ2) is 7.87. The molecule has 1 aliphatic rings. The van der Waals surface area contributed by atoms with Crippen molar-refractivity contribution in [1.29, 1.82) is 0 Å². The lowest BCUT2D eigenvalue weighted by Gasteiger charge is -2.04. The fraction of sp³-hybridized carbons (Fsp3) is 0.600. The first-order valence-corrected chi connectivity index (χ1v) is 7.98. The SMILES string of the molecule is O=C(CCCn1ccnc1)NCCc1noc([C@@H]2CCCO2)n1. The van der Waals surface area contributed by atoms with Crippen molar-refractivity contribution < 1.29 is 14.1 Å². The number of hydrogen-bond acceptors (Lipinski definition) is 6. The first kappa shape index (κ1) is 15.7. The summed E-state index contributed by atoms with van der Waals surface area (Å²) >= 11 is 0. The highest BCUT2D eigenvalue weighted by atomic mass is 16.5. The van der Waals surface area contributed by atoms with Gasteiger partial charge in [-0.05, 0) is 19.3 Å². The van der Waals surface area contributed by atoms with Gasteiger partial charge in [0, 0.05) is 44.9 Å². The lowest BCUT2D eigenvalue weighted by molar-refractivity contribution is -0.121. The minimum absolute atomic E-state index is 0.0351. The summed E-state index contributed by atoms with van der Waals surface area (Å²) in [5.41, 5.74) is 0. The van der Waals surface area contributed by atoms with Gasteiger partial charge in [-0.15, -0.1) is 0 Å². The average Bonchev–Trinajstić information content (AvgIpc) is 3.29. The maximum atomic E-state index is 11.8. The Hall–Kier alpha value is -2.22. The molecule has 8 heteroatoms. The normalized spacial score (nSPS) is 17.5. The molecule has 1 amide bonds. The second-order valence-corrected chi connectivity index (χ2v) is 5.55. The topological polar surface area (TPSA) is 95.1 Å². The number of imidazole rings is 1. The number of rotatable bonds is 8. The Morgan fingerprint density at radius 1 is 1.48 bits per heavy atom. The molecule has 3 heterocycles. The number of carbonyl (C=O) groups is 1. The quantitative estimate of drug-likeness (QED) is 0.787. The third-order valence-electron chi connectivity index (χ3n) is 3.74. The summed E-state index contributed by atoms with van der Waals surface area (Å²) in [6, 6.07) is 0. The molecule has 0 saturated carbocycles. The van der Waals surface area contributed by atoms with Crippen molar-refractivity contribution in [2.24, 2.45) is 0 Å².